The number of rotatable bonds is 8. The Bertz CT molecular complexity index is 763. The Morgan fingerprint density at radius 2 is 2.04 bits per heavy atom. The smallest absolute Gasteiger partial charge is 0.211 e. The largest absolute Gasteiger partial charge is 0.494 e. The third kappa shape index (κ3) is 5.56. The molecule has 0 bridgehead atoms. The lowest BCUT2D eigenvalue weighted by atomic mass is 10.2. The van der Waals surface area contributed by atoms with Gasteiger partial charge >= 0.3 is 0 Å². The van der Waals surface area contributed by atoms with E-state index in [1.807, 2.05) is 38.1 Å². The van der Waals surface area contributed by atoms with E-state index in [-0.39, 0.29) is 5.96 Å². The van der Waals surface area contributed by atoms with Gasteiger partial charge in [-0.05, 0) is 32.4 Å². The molecule has 0 aliphatic rings. The summed E-state index contributed by atoms with van der Waals surface area (Å²) in [6, 6.07) is 8.02. The fraction of sp³-hybridized carbons (Fsp3) is 0.389. The molecule has 0 fully saturated rings. The molecule has 1 aromatic heterocycles. The van der Waals surface area contributed by atoms with Gasteiger partial charge in [0.25, 0.3) is 0 Å². The fourth-order valence-corrected chi connectivity index (χ4v) is 3.30. The number of benzene rings is 1. The molecule has 0 atom stereocenters. The van der Waals surface area contributed by atoms with Gasteiger partial charge in [-0.2, -0.15) is 5.10 Å². The van der Waals surface area contributed by atoms with Crippen molar-refractivity contribution < 1.29 is 4.74 Å². The fourth-order valence-electron chi connectivity index (χ4n) is 2.29. The Kier molecular flexibility index (Phi) is 6.94. The van der Waals surface area contributed by atoms with Crippen LogP contribution in [0.1, 0.15) is 43.7 Å². The minimum absolute atomic E-state index is 0.0605. The Labute approximate surface area is 152 Å². The van der Waals surface area contributed by atoms with Crippen molar-refractivity contribution in [3.63, 3.8) is 0 Å². The van der Waals surface area contributed by atoms with Gasteiger partial charge in [0.2, 0.25) is 5.96 Å². The van der Waals surface area contributed by atoms with Crippen LogP contribution in [0.2, 0.25) is 0 Å². The molecule has 0 spiro atoms. The summed E-state index contributed by atoms with van der Waals surface area (Å²) in [4.78, 5) is 5.62. The van der Waals surface area contributed by atoms with Crippen molar-refractivity contribution in [2.45, 2.75) is 40.0 Å². The summed E-state index contributed by atoms with van der Waals surface area (Å²) in [5, 5.41) is 8.67. The van der Waals surface area contributed by atoms with Gasteiger partial charge in [0, 0.05) is 5.56 Å². The van der Waals surface area contributed by atoms with Crippen LogP contribution in [0.5, 0.6) is 5.75 Å². The van der Waals surface area contributed by atoms with E-state index in [0.717, 1.165) is 45.6 Å². The normalized spacial score (nSPS) is 11.4. The molecular weight excluding hydrogens is 334 g/mol. The van der Waals surface area contributed by atoms with E-state index in [9.17, 15) is 0 Å². The number of nitrogens with two attached hydrogens (primary N) is 2. The van der Waals surface area contributed by atoms with E-state index in [4.69, 9.17) is 16.2 Å². The van der Waals surface area contributed by atoms with Crippen LogP contribution < -0.4 is 16.2 Å². The zero-order valence-corrected chi connectivity index (χ0v) is 15.8. The third-order valence-corrected chi connectivity index (χ3v) is 4.85. The van der Waals surface area contributed by atoms with Gasteiger partial charge in [0.1, 0.15) is 10.8 Å². The second-order valence-corrected chi connectivity index (χ2v) is 6.73. The molecule has 7 heteroatoms. The molecule has 134 valence electrons. The van der Waals surface area contributed by atoms with Crippen molar-refractivity contribution in [2.75, 3.05) is 6.61 Å². The molecule has 6 nitrogen and oxygen atoms in total. The topological polar surface area (TPSA) is 98.9 Å². The average molecular weight is 359 g/mol. The summed E-state index contributed by atoms with van der Waals surface area (Å²) in [7, 11) is 0. The molecule has 0 radical (unpaired) electrons. The maximum atomic E-state index is 5.83. The molecule has 1 aromatic carbocycles. The van der Waals surface area contributed by atoms with E-state index in [2.05, 4.69) is 22.1 Å². The summed E-state index contributed by atoms with van der Waals surface area (Å²) < 4.78 is 5.83. The molecular formula is C18H25N5OS. The van der Waals surface area contributed by atoms with E-state index >= 15 is 0 Å². The summed E-state index contributed by atoms with van der Waals surface area (Å²) in [5.41, 5.74) is 13.3. The van der Waals surface area contributed by atoms with E-state index in [0.29, 0.717) is 0 Å². The molecule has 2 aromatic rings. The van der Waals surface area contributed by atoms with E-state index in [1.165, 1.54) is 12.8 Å². The number of unbranched alkanes of at least 4 members (excludes halogenated alkanes) is 2. The van der Waals surface area contributed by atoms with Gasteiger partial charge in [-0.25, -0.2) is 4.98 Å². The van der Waals surface area contributed by atoms with Gasteiger partial charge in [-0.3, -0.25) is 0 Å². The van der Waals surface area contributed by atoms with Crippen molar-refractivity contribution in [3.05, 3.63) is 34.8 Å². The molecule has 0 aliphatic carbocycles. The Morgan fingerprint density at radius 1 is 1.24 bits per heavy atom. The van der Waals surface area contributed by atoms with Crippen LogP contribution in [0.3, 0.4) is 0 Å². The number of aromatic nitrogens is 1. The zero-order valence-electron chi connectivity index (χ0n) is 15.0. The summed E-state index contributed by atoms with van der Waals surface area (Å²) >= 11 is 1.56. The SMILES string of the molecule is CCCCCOc1cccc(-c2nc(C)c(C(C)=NN=C(N)N)s2)c1. The van der Waals surface area contributed by atoms with Crippen molar-refractivity contribution in [2.24, 2.45) is 21.7 Å². The highest BCUT2D eigenvalue weighted by molar-refractivity contribution is 7.17. The molecule has 1 heterocycles. The van der Waals surface area contributed by atoms with Crippen LogP contribution in [-0.4, -0.2) is 23.3 Å². The number of nitrogens with zero attached hydrogens (tertiary/aromatic N) is 3. The first-order valence-corrected chi connectivity index (χ1v) is 9.17. The van der Waals surface area contributed by atoms with Crippen molar-refractivity contribution in [1.82, 2.24) is 4.98 Å². The van der Waals surface area contributed by atoms with Crippen LogP contribution >= 0.6 is 11.3 Å². The quantitative estimate of drug-likeness (QED) is 0.325. The maximum absolute atomic E-state index is 5.83. The number of hydrogen-bond acceptors (Lipinski definition) is 5. The zero-order chi connectivity index (χ0) is 18.2. The summed E-state index contributed by atoms with van der Waals surface area (Å²) in [6.07, 6.45) is 3.44. The molecule has 0 unspecified atom stereocenters. The minimum Gasteiger partial charge on any atom is -0.494 e. The van der Waals surface area contributed by atoms with Crippen LogP contribution in [0.4, 0.5) is 0 Å². The lowest BCUT2D eigenvalue weighted by Gasteiger charge is -2.06. The van der Waals surface area contributed by atoms with Crippen LogP contribution in [0.25, 0.3) is 10.6 Å². The highest BCUT2D eigenvalue weighted by Gasteiger charge is 2.12. The van der Waals surface area contributed by atoms with Gasteiger partial charge in [0.05, 0.1) is 22.9 Å². The summed E-state index contributed by atoms with van der Waals surface area (Å²) in [5.74, 6) is 0.809. The lowest BCUT2D eigenvalue weighted by molar-refractivity contribution is 0.306. The third-order valence-electron chi connectivity index (χ3n) is 3.54. The molecule has 0 saturated heterocycles. The minimum atomic E-state index is -0.0605. The van der Waals surface area contributed by atoms with Crippen LogP contribution in [0, 0.1) is 6.92 Å². The van der Waals surface area contributed by atoms with Crippen molar-refractivity contribution >= 4 is 23.0 Å². The monoisotopic (exact) mass is 359 g/mol. The first kappa shape index (κ1) is 18.9. The van der Waals surface area contributed by atoms with Crippen molar-refractivity contribution in [3.8, 4) is 16.3 Å². The number of aryl methyl sites for hydroxylation is 1. The van der Waals surface area contributed by atoms with E-state index in [1.54, 1.807) is 11.3 Å². The van der Waals surface area contributed by atoms with Crippen molar-refractivity contribution in [1.29, 1.82) is 0 Å². The predicted molar refractivity (Wildman–Crippen MR) is 105 cm³/mol. The van der Waals surface area contributed by atoms with Crippen LogP contribution in [-0.2, 0) is 0 Å². The number of thiazole rings is 1. The molecule has 25 heavy (non-hydrogen) atoms. The number of hydrogen-bond donors (Lipinski definition) is 2. The lowest BCUT2D eigenvalue weighted by Crippen LogP contribution is -2.22. The second kappa shape index (κ2) is 9.17. The highest BCUT2D eigenvalue weighted by Crippen LogP contribution is 2.30. The van der Waals surface area contributed by atoms with Gasteiger partial charge in [-0.1, -0.05) is 31.9 Å². The van der Waals surface area contributed by atoms with Gasteiger partial charge in [0.15, 0.2) is 0 Å². The second-order valence-electron chi connectivity index (χ2n) is 5.73. The Balaban J connectivity index is 2.18. The standard InChI is InChI=1S/C18H25N5OS/c1-4-5-6-10-24-15-9-7-8-14(11-15)17-21-12(2)16(25-17)13(3)22-23-18(19)20/h7-9,11H,4-6,10H2,1-3H3,(H4,19,20,23). The van der Waals surface area contributed by atoms with Gasteiger partial charge < -0.3 is 16.2 Å². The maximum Gasteiger partial charge on any atom is 0.211 e. The average Bonchev–Trinajstić information content (AvgIpc) is 2.99. The molecule has 0 amide bonds. The first-order chi connectivity index (χ1) is 12.0. The van der Waals surface area contributed by atoms with Gasteiger partial charge in [-0.15, -0.1) is 16.4 Å². The molecule has 2 rings (SSSR count). The molecule has 0 saturated carbocycles. The number of guanidine groups is 1. The Morgan fingerprint density at radius 3 is 2.76 bits per heavy atom. The predicted octanol–water partition coefficient (Wildman–Crippen LogP) is 3.68. The molecule has 0 aliphatic heterocycles. The summed E-state index contributed by atoms with van der Waals surface area (Å²) in [6.45, 7) is 6.74. The van der Waals surface area contributed by atoms with Crippen LogP contribution in [0.15, 0.2) is 34.5 Å². The first-order valence-electron chi connectivity index (χ1n) is 8.35. The Hall–Kier alpha value is -2.41. The number of ether oxygens (including phenoxy) is 1. The highest BCUT2D eigenvalue weighted by atomic mass is 32.1. The van der Waals surface area contributed by atoms with E-state index < -0.39 is 0 Å². The molecule has 4 N–H and O–H groups in total.